The second-order valence-corrected chi connectivity index (χ2v) is 5.69. The van der Waals surface area contributed by atoms with E-state index in [1.165, 1.54) is 12.1 Å². The van der Waals surface area contributed by atoms with Crippen LogP contribution in [0.1, 0.15) is 5.56 Å². The van der Waals surface area contributed by atoms with Gasteiger partial charge < -0.3 is 10.2 Å². The summed E-state index contributed by atoms with van der Waals surface area (Å²) in [4.78, 5) is 12.3. The van der Waals surface area contributed by atoms with Gasteiger partial charge in [-0.25, -0.2) is 0 Å². The van der Waals surface area contributed by atoms with E-state index in [1.807, 2.05) is 37.2 Å². The largest absolute Gasteiger partial charge is 0.381 e. The van der Waals surface area contributed by atoms with Crippen LogP contribution in [-0.2, 0) is 6.54 Å². The van der Waals surface area contributed by atoms with E-state index in [-0.39, 0.29) is 5.69 Å². The van der Waals surface area contributed by atoms with Gasteiger partial charge in [-0.1, -0.05) is 22.0 Å². The minimum absolute atomic E-state index is 0.0835. The standard InChI is InChI=1S/C15H16BrN3O2/c1-18(2)13-5-3-4-12(8-13)17-10-11-6-7-14(19(20)21)9-15(11)16/h3-9,17H,10H2,1-2H3. The summed E-state index contributed by atoms with van der Waals surface area (Å²) in [6.45, 7) is 0.593. The highest BCUT2D eigenvalue weighted by atomic mass is 79.9. The van der Waals surface area contributed by atoms with Crippen molar-refractivity contribution < 1.29 is 4.92 Å². The second kappa shape index (κ2) is 6.58. The third-order valence-corrected chi connectivity index (χ3v) is 3.83. The fourth-order valence-corrected chi connectivity index (χ4v) is 2.39. The van der Waals surface area contributed by atoms with Crippen LogP contribution in [0.2, 0.25) is 0 Å². The summed E-state index contributed by atoms with van der Waals surface area (Å²) in [6.07, 6.45) is 0. The molecular formula is C15H16BrN3O2. The molecule has 0 amide bonds. The first kappa shape index (κ1) is 15.3. The first-order chi connectivity index (χ1) is 9.97. The van der Waals surface area contributed by atoms with E-state index in [1.54, 1.807) is 6.07 Å². The van der Waals surface area contributed by atoms with E-state index < -0.39 is 4.92 Å². The molecule has 0 fully saturated rings. The Labute approximate surface area is 131 Å². The first-order valence-electron chi connectivity index (χ1n) is 6.41. The lowest BCUT2D eigenvalue weighted by atomic mass is 10.2. The topological polar surface area (TPSA) is 58.4 Å². The Balaban J connectivity index is 2.09. The van der Waals surface area contributed by atoms with Crippen molar-refractivity contribution in [1.82, 2.24) is 0 Å². The van der Waals surface area contributed by atoms with Crippen LogP contribution >= 0.6 is 15.9 Å². The van der Waals surface area contributed by atoms with E-state index in [4.69, 9.17) is 0 Å². The average Bonchev–Trinajstić information content (AvgIpc) is 2.46. The molecule has 0 aliphatic heterocycles. The predicted molar refractivity (Wildman–Crippen MR) is 88.9 cm³/mol. The van der Waals surface area contributed by atoms with Crippen LogP contribution in [0.15, 0.2) is 46.9 Å². The van der Waals surface area contributed by atoms with E-state index in [0.29, 0.717) is 6.54 Å². The Bertz CT molecular complexity index is 659. The zero-order valence-corrected chi connectivity index (χ0v) is 13.4. The molecule has 5 nitrogen and oxygen atoms in total. The SMILES string of the molecule is CN(C)c1cccc(NCc2ccc([N+](=O)[O-])cc2Br)c1. The highest BCUT2D eigenvalue weighted by Crippen LogP contribution is 2.24. The molecule has 0 radical (unpaired) electrons. The molecule has 0 aromatic heterocycles. The lowest BCUT2D eigenvalue weighted by Crippen LogP contribution is -2.09. The van der Waals surface area contributed by atoms with Crippen LogP contribution in [-0.4, -0.2) is 19.0 Å². The number of hydrogen-bond acceptors (Lipinski definition) is 4. The normalized spacial score (nSPS) is 10.2. The average molecular weight is 350 g/mol. The summed E-state index contributed by atoms with van der Waals surface area (Å²) in [5.74, 6) is 0. The molecule has 0 saturated carbocycles. The van der Waals surface area contributed by atoms with Gasteiger partial charge in [0.25, 0.3) is 5.69 Å². The molecule has 0 heterocycles. The van der Waals surface area contributed by atoms with Gasteiger partial charge in [-0.05, 0) is 29.8 Å². The van der Waals surface area contributed by atoms with Crippen LogP contribution in [0.3, 0.4) is 0 Å². The van der Waals surface area contributed by atoms with Gasteiger partial charge in [0, 0.05) is 48.6 Å². The molecule has 2 aromatic rings. The van der Waals surface area contributed by atoms with Crippen molar-refractivity contribution in [2.45, 2.75) is 6.54 Å². The molecular weight excluding hydrogens is 334 g/mol. The van der Waals surface area contributed by atoms with Crippen molar-refractivity contribution in [2.75, 3.05) is 24.3 Å². The van der Waals surface area contributed by atoms with Crippen molar-refractivity contribution in [2.24, 2.45) is 0 Å². The molecule has 0 saturated heterocycles. The lowest BCUT2D eigenvalue weighted by molar-refractivity contribution is -0.384. The monoisotopic (exact) mass is 349 g/mol. The van der Waals surface area contributed by atoms with Gasteiger partial charge in [-0.2, -0.15) is 0 Å². The van der Waals surface area contributed by atoms with Gasteiger partial charge in [-0.15, -0.1) is 0 Å². The quantitative estimate of drug-likeness (QED) is 0.653. The first-order valence-corrected chi connectivity index (χ1v) is 7.21. The van der Waals surface area contributed by atoms with E-state index in [9.17, 15) is 10.1 Å². The van der Waals surface area contributed by atoms with Crippen molar-refractivity contribution >= 4 is 33.0 Å². The predicted octanol–water partition coefficient (Wildman–Crippen LogP) is 4.04. The summed E-state index contributed by atoms with van der Waals surface area (Å²) >= 11 is 3.37. The van der Waals surface area contributed by atoms with Gasteiger partial charge in [-0.3, -0.25) is 10.1 Å². The summed E-state index contributed by atoms with van der Waals surface area (Å²) < 4.78 is 0.730. The molecule has 0 atom stereocenters. The Morgan fingerprint density at radius 2 is 2.00 bits per heavy atom. The maximum atomic E-state index is 10.7. The van der Waals surface area contributed by atoms with Gasteiger partial charge in [0.15, 0.2) is 0 Å². The third-order valence-electron chi connectivity index (χ3n) is 3.09. The zero-order chi connectivity index (χ0) is 15.4. The molecule has 0 aliphatic rings. The van der Waals surface area contributed by atoms with Crippen LogP contribution < -0.4 is 10.2 Å². The van der Waals surface area contributed by atoms with Crippen LogP contribution in [0.5, 0.6) is 0 Å². The Morgan fingerprint density at radius 3 is 2.62 bits per heavy atom. The number of nitro benzene ring substituents is 1. The Kier molecular flexibility index (Phi) is 4.80. The molecule has 1 N–H and O–H groups in total. The number of non-ortho nitro benzene ring substituents is 1. The zero-order valence-electron chi connectivity index (χ0n) is 11.8. The summed E-state index contributed by atoms with van der Waals surface area (Å²) in [6, 6.07) is 12.9. The van der Waals surface area contributed by atoms with Gasteiger partial charge in [0.1, 0.15) is 0 Å². The number of anilines is 2. The Morgan fingerprint density at radius 1 is 1.24 bits per heavy atom. The van der Waals surface area contributed by atoms with Crippen molar-refractivity contribution in [3.8, 4) is 0 Å². The van der Waals surface area contributed by atoms with E-state index >= 15 is 0 Å². The minimum Gasteiger partial charge on any atom is -0.381 e. The van der Waals surface area contributed by atoms with E-state index in [0.717, 1.165) is 21.4 Å². The van der Waals surface area contributed by atoms with Crippen LogP contribution in [0.4, 0.5) is 17.1 Å². The number of hydrogen-bond donors (Lipinski definition) is 1. The summed E-state index contributed by atoms with van der Waals surface area (Å²) in [7, 11) is 3.98. The number of benzene rings is 2. The van der Waals surface area contributed by atoms with Crippen LogP contribution in [0.25, 0.3) is 0 Å². The highest BCUT2D eigenvalue weighted by molar-refractivity contribution is 9.10. The van der Waals surface area contributed by atoms with Crippen molar-refractivity contribution in [1.29, 1.82) is 0 Å². The third kappa shape index (κ3) is 3.95. The lowest BCUT2D eigenvalue weighted by Gasteiger charge is -2.14. The number of halogens is 1. The van der Waals surface area contributed by atoms with E-state index in [2.05, 4.69) is 27.3 Å². The van der Waals surface area contributed by atoms with Gasteiger partial charge in [0.2, 0.25) is 0 Å². The molecule has 110 valence electrons. The summed E-state index contributed by atoms with van der Waals surface area (Å²) in [5, 5.41) is 14.0. The molecule has 0 aliphatic carbocycles. The molecule has 0 unspecified atom stereocenters. The van der Waals surface area contributed by atoms with Crippen LogP contribution in [0, 0.1) is 10.1 Å². The second-order valence-electron chi connectivity index (χ2n) is 4.83. The summed E-state index contributed by atoms with van der Waals surface area (Å²) in [5.41, 5.74) is 3.17. The maximum absolute atomic E-state index is 10.7. The maximum Gasteiger partial charge on any atom is 0.270 e. The molecule has 0 spiro atoms. The molecule has 0 bridgehead atoms. The highest BCUT2D eigenvalue weighted by Gasteiger charge is 2.09. The Hall–Kier alpha value is -2.08. The number of nitro groups is 1. The molecule has 6 heteroatoms. The fourth-order valence-electron chi connectivity index (χ4n) is 1.88. The number of nitrogens with zero attached hydrogens (tertiary/aromatic N) is 2. The van der Waals surface area contributed by atoms with Gasteiger partial charge in [0.05, 0.1) is 4.92 Å². The fraction of sp³-hybridized carbons (Fsp3) is 0.200. The number of nitrogens with one attached hydrogen (secondary N) is 1. The number of rotatable bonds is 5. The van der Waals surface area contributed by atoms with Crippen molar-refractivity contribution in [3.05, 3.63) is 62.6 Å². The molecule has 2 aromatic carbocycles. The minimum atomic E-state index is -0.400. The smallest absolute Gasteiger partial charge is 0.270 e. The molecule has 2 rings (SSSR count). The van der Waals surface area contributed by atoms with Crippen molar-refractivity contribution in [3.63, 3.8) is 0 Å². The molecule has 21 heavy (non-hydrogen) atoms. The van der Waals surface area contributed by atoms with Gasteiger partial charge >= 0.3 is 0 Å².